The van der Waals surface area contributed by atoms with E-state index >= 15 is 0 Å². The molecule has 0 aliphatic carbocycles. The summed E-state index contributed by atoms with van der Waals surface area (Å²) in [6.07, 6.45) is -0.429. The third-order valence-electron chi connectivity index (χ3n) is 2.40. The zero-order valence-electron chi connectivity index (χ0n) is 8.97. The fraction of sp³-hybridized carbons (Fsp3) is 0.231. The van der Waals surface area contributed by atoms with E-state index in [-0.39, 0.29) is 0 Å². The summed E-state index contributed by atoms with van der Waals surface area (Å²) in [5.41, 5.74) is 0.959. The van der Waals surface area contributed by atoms with Gasteiger partial charge in [0.15, 0.2) is 0 Å². The number of aliphatic hydroxyl groups excluding tert-OH is 1. The van der Waals surface area contributed by atoms with E-state index in [0.717, 1.165) is 12.1 Å². The van der Waals surface area contributed by atoms with Gasteiger partial charge in [0.2, 0.25) is 0 Å². The second kappa shape index (κ2) is 5.80. The lowest BCUT2D eigenvalue weighted by molar-refractivity contribution is 0.174. The molecule has 0 radical (unpaired) electrons. The molecule has 3 heteroatoms. The largest absolute Gasteiger partial charge is 0.387 e. The lowest BCUT2D eigenvalue weighted by Crippen LogP contribution is -2.20. The quantitative estimate of drug-likeness (QED) is 0.832. The molecule has 0 spiro atoms. The minimum Gasteiger partial charge on any atom is -0.387 e. The second-order valence-electron chi connectivity index (χ2n) is 3.64. The smallest absolute Gasteiger partial charge is 0.0914 e. The van der Waals surface area contributed by atoms with Crippen molar-refractivity contribution in [3.05, 3.63) is 58.3 Å². The molecule has 0 fully saturated rings. The molecule has 0 bridgehead atoms. The van der Waals surface area contributed by atoms with E-state index in [9.17, 15) is 5.11 Å². The summed E-state index contributed by atoms with van der Waals surface area (Å²) in [5, 5.41) is 15.2. The number of benzene rings is 1. The average molecular weight is 233 g/mol. The van der Waals surface area contributed by atoms with Gasteiger partial charge in [0.1, 0.15) is 0 Å². The highest BCUT2D eigenvalue weighted by atomic mass is 32.1. The third kappa shape index (κ3) is 3.17. The minimum absolute atomic E-state index is 0.429. The fourth-order valence-electron chi connectivity index (χ4n) is 1.54. The van der Waals surface area contributed by atoms with Crippen LogP contribution in [-0.4, -0.2) is 11.7 Å². The molecule has 0 aliphatic rings. The van der Waals surface area contributed by atoms with Crippen molar-refractivity contribution in [3.8, 4) is 0 Å². The van der Waals surface area contributed by atoms with Gasteiger partial charge in [-0.15, -0.1) is 11.3 Å². The summed E-state index contributed by atoms with van der Waals surface area (Å²) in [4.78, 5) is 1.29. The van der Waals surface area contributed by atoms with Crippen molar-refractivity contribution in [2.75, 3.05) is 6.54 Å². The maximum atomic E-state index is 9.89. The summed E-state index contributed by atoms with van der Waals surface area (Å²) in [6, 6.07) is 13.8. The summed E-state index contributed by atoms with van der Waals surface area (Å²) in [7, 11) is 0. The SMILES string of the molecule is O[C@H](CNCc1cccs1)c1ccccc1. The molecule has 2 aromatic rings. The van der Waals surface area contributed by atoms with Gasteiger partial charge in [-0.1, -0.05) is 36.4 Å². The Labute approximate surface area is 99.6 Å². The first-order chi connectivity index (χ1) is 7.86. The highest BCUT2D eigenvalue weighted by Crippen LogP contribution is 2.12. The van der Waals surface area contributed by atoms with E-state index in [1.807, 2.05) is 36.4 Å². The number of thiophene rings is 1. The van der Waals surface area contributed by atoms with Crippen LogP contribution in [0.15, 0.2) is 47.8 Å². The molecule has 84 valence electrons. The van der Waals surface area contributed by atoms with Crippen LogP contribution in [0, 0.1) is 0 Å². The van der Waals surface area contributed by atoms with Gasteiger partial charge < -0.3 is 10.4 Å². The molecule has 16 heavy (non-hydrogen) atoms. The first-order valence-electron chi connectivity index (χ1n) is 5.32. The monoisotopic (exact) mass is 233 g/mol. The maximum absolute atomic E-state index is 9.89. The zero-order chi connectivity index (χ0) is 11.2. The summed E-state index contributed by atoms with van der Waals surface area (Å²) in [6.45, 7) is 1.41. The summed E-state index contributed by atoms with van der Waals surface area (Å²) >= 11 is 1.73. The first-order valence-corrected chi connectivity index (χ1v) is 6.20. The van der Waals surface area contributed by atoms with Crippen LogP contribution >= 0.6 is 11.3 Å². The fourth-order valence-corrected chi connectivity index (χ4v) is 2.21. The normalized spacial score (nSPS) is 12.6. The van der Waals surface area contributed by atoms with Crippen LogP contribution in [0.2, 0.25) is 0 Å². The molecule has 0 aliphatic heterocycles. The molecular weight excluding hydrogens is 218 g/mol. The molecule has 0 saturated heterocycles. The predicted molar refractivity (Wildman–Crippen MR) is 67.4 cm³/mol. The predicted octanol–water partition coefficient (Wildman–Crippen LogP) is 2.57. The van der Waals surface area contributed by atoms with Gasteiger partial charge in [-0.05, 0) is 17.0 Å². The van der Waals surface area contributed by atoms with Gasteiger partial charge >= 0.3 is 0 Å². The van der Waals surface area contributed by atoms with Crippen LogP contribution in [0.1, 0.15) is 16.5 Å². The number of aliphatic hydroxyl groups is 1. The lowest BCUT2D eigenvalue weighted by Gasteiger charge is -2.11. The van der Waals surface area contributed by atoms with Crippen LogP contribution in [0.5, 0.6) is 0 Å². The van der Waals surface area contributed by atoms with Crippen molar-refractivity contribution < 1.29 is 5.11 Å². The average Bonchev–Trinajstić information content (AvgIpc) is 2.83. The molecular formula is C13H15NOS. The Balaban J connectivity index is 1.78. The van der Waals surface area contributed by atoms with Crippen molar-refractivity contribution in [1.29, 1.82) is 0 Å². The number of hydrogen-bond acceptors (Lipinski definition) is 3. The minimum atomic E-state index is -0.429. The molecule has 2 nitrogen and oxygen atoms in total. The summed E-state index contributed by atoms with van der Waals surface area (Å²) < 4.78 is 0. The van der Waals surface area contributed by atoms with Crippen molar-refractivity contribution in [1.82, 2.24) is 5.32 Å². The Kier molecular flexibility index (Phi) is 4.10. The van der Waals surface area contributed by atoms with Crippen LogP contribution < -0.4 is 5.32 Å². The molecule has 1 heterocycles. The summed E-state index contributed by atoms with van der Waals surface area (Å²) in [5.74, 6) is 0. The zero-order valence-corrected chi connectivity index (χ0v) is 9.78. The van der Waals surface area contributed by atoms with Crippen LogP contribution in [0.4, 0.5) is 0 Å². The lowest BCUT2D eigenvalue weighted by atomic mass is 10.1. The second-order valence-corrected chi connectivity index (χ2v) is 4.67. The van der Waals surface area contributed by atoms with Crippen molar-refractivity contribution in [2.24, 2.45) is 0 Å². The Hall–Kier alpha value is -1.16. The van der Waals surface area contributed by atoms with E-state index < -0.39 is 6.10 Å². The standard InChI is InChI=1S/C13H15NOS/c15-13(11-5-2-1-3-6-11)10-14-9-12-7-4-8-16-12/h1-8,13-15H,9-10H2/t13-/m1/s1. The van der Waals surface area contributed by atoms with Crippen LogP contribution in [0.3, 0.4) is 0 Å². The molecule has 2 N–H and O–H groups in total. The molecule has 0 amide bonds. The molecule has 0 saturated carbocycles. The number of hydrogen-bond donors (Lipinski definition) is 2. The van der Waals surface area contributed by atoms with E-state index in [4.69, 9.17) is 0 Å². The van der Waals surface area contributed by atoms with Gasteiger partial charge in [-0.3, -0.25) is 0 Å². The Morgan fingerprint density at radius 1 is 1.12 bits per heavy atom. The molecule has 2 rings (SSSR count). The van der Waals surface area contributed by atoms with Gasteiger partial charge in [0.05, 0.1) is 6.10 Å². The van der Waals surface area contributed by atoms with Gasteiger partial charge in [-0.25, -0.2) is 0 Å². The van der Waals surface area contributed by atoms with Gasteiger partial charge in [-0.2, -0.15) is 0 Å². The molecule has 1 atom stereocenters. The molecule has 1 aromatic heterocycles. The number of nitrogens with one attached hydrogen (secondary N) is 1. The van der Waals surface area contributed by atoms with Crippen molar-refractivity contribution in [2.45, 2.75) is 12.6 Å². The first kappa shape index (κ1) is 11.3. The van der Waals surface area contributed by atoms with E-state index in [1.54, 1.807) is 11.3 Å². The number of rotatable bonds is 5. The third-order valence-corrected chi connectivity index (χ3v) is 3.28. The van der Waals surface area contributed by atoms with Crippen molar-refractivity contribution in [3.63, 3.8) is 0 Å². The molecule has 0 unspecified atom stereocenters. The van der Waals surface area contributed by atoms with Gasteiger partial charge in [0.25, 0.3) is 0 Å². The highest BCUT2D eigenvalue weighted by molar-refractivity contribution is 7.09. The Bertz CT molecular complexity index is 399. The topological polar surface area (TPSA) is 32.3 Å². The van der Waals surface area contributed by atoms with E-state index in [1.165, 1.54) is 4.88 Å². The maximum Gasteiger partial charge on any atom is 0.0914 e. The van der Waals surface area contributed by atoms with Gasteiger partial charge in [0, 0.05) is 18.0 Å². The Morgan fingerprint density at radius 3 is 2.62 bits per heavy atom. The van der Waals surface area contributed by atoms with Crippen molar-refractivity contribution >= 4 is 11.3 Å². The van der Waals surface area contributed by atoms with E-state index in [0.29, 0.717) is 6.54 Å². The highest BCUT2D eigenvalue weighted by Gasteiger charge is 2.05. The van der Waals surface area contributed by atoms with E-state index in [2.05, 4.69) is 16.8 Å². The van der Waals surface area contributed by atoms with Crippen LogP contribution in [-0.2, 0) is 6.54 Å². The Morgan fingerprint density at radius 2 is 1.94 bits per heavy atom. The van der Waals surface area contributed by atoms with Crippen LogP contribution in [0.25, 0.3) is 0 Å². The molecule has 1 aromatic carbocycles.